The van der Waals surface area contributed by atoms with E-state index in [4.69, 9.17) is 9.47 Å². The number of aliphatic carboxylic acids is 1. The molecule has 0 spiro atoms. The number of nitrogens with one attached hydrogen (secondary N) is 1. The summed E-state index contributed by atoms with van der Waals surface area (Å²) in [4.78, 5) is 71.9. The summed E-state index contributed by atoms with van der Waals surface area (Å²) < 4.78 is 10.9. The van der Waals surface area contributed by atoms with Gasteiger partial charge in [0.25, 0.3) is 11.8 Å². The van der Waals surface area contributed by atoms with Crippen LogP contribution in [0, 0.1) is 5.92 Å². The molecular formula is C29H37N5O9. The van der Waals surface area contributed by atoms with E-state index in [1.165, 1.54) is 15.9 Å². The standard InChI is InChI=1S/C29H37N5O9/c1-2-42-29(41)33-13-11-32(12-14-33)28(40)22(7-8-26(37)38)31-27(39)23-15-24(20-5-3-4-6-21(20)30-23)43-18-25(36)34-10-9-19(16-34)17-35/h3-6,15,19,22,35H,2,7-14,16-18H2,1H3,(H,31,39)(H,37,38)/t19-,22-/m0/s1. The third kappa shape index (κ3) is 8.09. The van der Waals surface area contributed by atoms with E-state index in [1.54, 1.807) is 36.1 Å². The molecule has 4 rings (SSSR count). The Hall–Kier alpha value is -4.46. The number of amides is 4. The number of pyridine rings is 1. The molecular weight excluding hydrogens is 562 g/mol. The molecule has 2 aliphatic rings. The number of aromatic nitrogens is 1. The van der Waals surface area contributed by atoms with Gasteiger partial charge in [0.15, 0.2) is 6.61 Å². The monoisotopic (exact) mass is 599 g/mol. The first-order valence-corrected chi connectivity index (χ1v) is 14.3. The van der Waals surface area contributed by atoms with Crippen molar-refractivity contribution in [3.63, 3.8) is 0 Å². The quantitative estimate of drug-likeness (QED) is 0.333. The summed E-state index contributed by atoms with van der Waals surface area (Å²) in [6.07, 6.45) is -0.251. The summed E-state index contributed by atoms with van der Waals surface area (Å²) in [6, 6.07) is 7.18. The van der Waals surface area contributed by atoms with Crippen molar-refractivity contribution in [3.05, 3.63) is 36.0 Å². The molecule has 3 N–H and O–H groups in total. The molecule has 1 aromatic carbocycles. The van der Waals surface area contributed by atoms with Gasteiger partial charge < -0.3 is 39.7 Å². The van der Waals surface area contributed by atoms with Gasteiger partial charge in [0, 0.05) is 69.7 Å². The average Bonchev–Trinajstić information content (AvgIpc) is 3.51. The normalized spacial score (nSPS) is 17.4. The maximum atomic E-state index is 13.4. The number of benzene rings is 1. The number of hydrogen-bond acceptors (Lipinski definition) is 9. The van der Waals surface area contributed by atoms with Gasteiger partial charge in [-0.05, 0) is 31.9 Å². The van der Waals surface area contributed by atoms with Gasteiger partial charge in [-0.25, -0.2) is 9.78 Å². The zero-order valence-corrected chi connectivity index (χ0v) is 24.1. The second-order valence-electron chi connectivity index (χ2n) is 10.5. The highest BCUT2D eigenvalue weighted by Gasteiger charge is 2.31. The highest BCUT2D eigenvalue weighted by atomic mass is 16.6. The third-order valence-corrected chi connectivity index (χ3v) is 7.53. The number of hydrogen-bond donors (Lipinski definition) is 3. The van der Waals surface area contributed by atoms with Crippen molar-refractivity contribution in [3.8, 4) is 5.75 Å². The molecule has 4 amide bonds. The predicted octanol–water partition coefficient (Wildman–Crippen LogP) is 0.718. The van der Waals surface area contributed by atoms with E-state index >= 15 is 0 Å². The van der Waals surface area contributed by atoms with Crippen LogP contribution in [0.1, 0.15) is 36.7 Å². The Labute approximate surface area is 248 Å². The van der Waals surface area contributed by atoms with Crippen molar-refractivity contribution in [2.24, 2.45) is 5.92 Å². The van der Waals surface area contributed by atoms with Gasteiger partial charge in [-0.15, -0.1) is 0 Å². The molecule has 3 heterocycles. The molecule has 2 aliphatic heterocycles. The highest BCUT2D eigenvalue weighted by molar-refractivity contribution is 5.99. The van der Waals surface area contributed by atoms with Crippen molar-refractivity contribution in [2.45, 2.75) is 32.2 Å². The number of carbonyl (C=O) groups is 5. The summed E-state index contributed by atoms with van der Waals surface area (Å²) in [7, 11) is 0. The number of para-hydroxylation sites is 1. The number of aliphatic hydroxyl groups excluding tert-OH is 1. The Bertz CT molecular complexity index is 1340. The van der Waals surface area contributed by atoms with Crippen LogP contribution >= 0.6 is 0 Å². The van der Waals surface area contributed by atoms with Gasteiger partial charge in [-0.3, -0.25) is 19.2 Å². The van der Waals surface area contributed by atoms with Crippen LogP contribution in [0.15, 0.2) is 30.3 Å². The van der Waals surface area contributed by atoms with E-state index in [9.17, 15) is 34.2 Å². The van der Waals surface area contributed by atoms with E-state index in [1.807, 2.05) is 0 Å². The van der Waals surface area contributed by atoms with Gasteiger partial charge in [0.1, 0.15) is 17.5 Å². The number of piperazine rings is 1. The van der Waals surface area contributed by atoms with Crippen LogP contribution in [0.3, 0.4) is 0 Å². The highest BCUT2D eigenvalue weighted by Crippen LogP contribution is 2.26. The molecule has 0 aliphatic carbocycles. The van der Waals surface area contributed by atoms with Crippen LogP contribution < -0.4 is 10.1 Å². The minimum atomic E-state index is -1.15. The summed E-state index contributed by atoms with van der Waals surface area (Å²) in [6.45, 7) is 3.55. The Morgan fingerprint density at radius 1 is 1.05 bits per heavy atom. The summed E-state index contributed by atoms with van der Waals surface area (Å²) in [5, 5.41) is 21.8. The third-order valence-electron chi connectivity index (χ3n) is 7.53. The Kier molecular flexibility index (Phi) is 10.7. The minimum absolute atomic E-state index is 0.0118. The fraction of sp³-hybridized carbons (Fsp3) is 0.517. The number of ether oxygens (including phenoxy) is 2. The zero-order valence-electron chi connectivity index (χ0n) is 24.1. The van der Waals surface area contributed by atoms with Crippen LogP contribution in [0.4, 0.5) is 4.79 Å². The Morgan fingerprint density at radius 3 is 2.44 bits per heavy atom. The molecule has 2 atom stereocenters. The number of carbonyl (C=O) groups excluding carboxylic acids is 4. The van der Waals surface area contributed by atoms with Gasteiger partial charge in [-0.2, -0.15) is 0 Å². The lowest BCUT2D eigenvalue weighted by atomic mass is 10.1. The number of fused-ring (bicyclic) bond motifs is 1. The number of carboxylic acids is 1. The van der Waals surface area contributed by atoms with Gasteiger partial charge >= 0.3 is 12.1 Å². The summed E-state index contributed by atoms with van der Waals surface area (Å²) in [5.74, 6) is -2.24. The van der Waals surface area contributed by atoms with E-state index in [0.29, 0.717) is 30.4 Å². The minimum Gasteiger partial charge on any atom is -0.483 e. The topological polar surface area (TPSA) is 179 Å². The van der Waals surface area contributed by atoms with E-state index in [0.717, 1.165) is 0 Å². The zero-order chi connectivity index (χ0) is 30.9. The molecule has 2 aromatic rings. The summed E-state index contributed by atoms with van der Waals surface area (Å²) in [5.41, 5.74) is 0.366. The number of nitrogens with zero attached hydrogens (tertiary/aromatic N) is 4. The van der Waals surface area contributed by atoms with Crippen molar-refractivity contribution in [1.29, 1.82) is 0 Å². The van der Waals surface area contributed by atoms with Crippen LogP contribution in [0.5, 0.6) is 5.75 Å². The molecule has 0 unspecified atom stereocenters. The van der Waals surface area contributed by atoms with Crippen LogP contribution in [0.25, 0.3) is 10.9 Å². The molecule has 14 heteroatoms. The van der Waals surface area contributed by atoms with E-state index < -0.39 is 29.9 Å². The first-order valence-electron chi connectivity index (χ1n) is 14.3. The molecule has 43 heavy (non-hydrogen) atoms. The van der Waals surface area contributed by atoms with Crippen molar-refractivity contribution < 1.29 is 43.7 Å². The molecule has 14 nitrogen and oxygen atoms in total. The fourth-order valence-corrected chi connectivity index (χ4v) is 5.12. The van der Waals surface area contributed by atoms with Crippen LogP contribution in [-0.4, -0.2) is 125 Å². The molecule has 0 radical (unpaired) electrons. The smallest absolute Gasteiger partial charge is 0.409 e. The molecule has 1 aromatic heterocycles. The lowest BCUT2D eigenvalue weighted by Crippen LogP contribution is -2.56. The first-order chi connectivity index (χ1) is 20.7. The molecule has 0 bridgehead atoms. The maximum absolute atomic E-state index is 13.4. The molecule has 0 saturated carbocycles. The lowest BCUT2D eigenvalue weighted by Gasteiger charge is -2.35. The number of carboxylic acid groups (broad SMARTS) is 1. The predicted molar refractivity (Wildman–Crippen MR) is 152 cm³/mol. The van der Waals surface area contributed by atoms with Gasteiger partial charge in [0.2, 0.25) is 5.91 Å². The van der Waals surface area contributed by atoms with Crippen molar-refractivity contribution >= 4 is 40.7 Å². The van der Waals surface area contributed by atoms with Crippen LogP contribution in [0.2, 0.25) is 0 Å². The SMILES string of the molecule is CCOC(=O)N1CCN(C(=O)[C@H](CCC(=O)O)NC(=O)c2cc(OCC(=O)N3CC[C@H](CO)C3)c3ccccc3n2)CC1. The van der Waals surface area contributed by atoms with Gasteiger partial charge in [0.05, 0.1) is 12.1 Å². The van der Waals surface area contributed by atoms with E-state index in [-0.39, 0.29) is 82.1 Å². The summed E-state index contributed by atoms with van der Waals surface area (Å²) >= 11 is 0. The molecule has 2 saturated heterocycles. The second-order valence-corrected chi connectivity index (χ2v) is 10.5. The number of rotatable bonds is 11. The number of likely N-dealkylation sites (tertiary alicyclic amines) is 1. The fourth-order valence-electron chi connectivity index (χ4n) is 5.12. The van der Waals surface area contributed by atoms with Gasteiger partial charge in [-0.1, -0.05) is 12.1 Å². The molecule has 232 valence electrons. The second kappa shape index (κ2) is 14.6. The van der Waals surface area contributed by atoms with Crippen molar-refractivity contribution in [2.75, 3.05) is 59.1 Å². The Morgan fingerprint density at radius 2 is 1.77 bits per heavy atom. The first kappa shape index (κ1) is 31.5. The van der Waals surface area contributed by atoms with Crippen LogP contribution in [-0.2, 0) is 19.1 Å². The average molecular weight is 600 g/mol. The van der Waals surface area contributed by atoms with E-state index in [2.05, 4.69) is 10.3 Å². The molecule has 2 fully saturated rings. The maximum Gasteiger partial charge on any atom is 0.409 e. The number of aliphatic hydroxyl groups is 1. The Balaban J connectivity index is 1.47. The van der Waals surface area contributed by atoms with Crippen molar-refractivity contribution in [1.82, 2.24) is 25.0 Å². The lowest BCUT2D eigenvalue weighted by molar-refractivity contribution is -0.138. The largest absolute Gasteiger partial charge is 0.483 e.